The molecule has 4 rings (SSSR count). The Hall–Kier alpha value is -3.39. The van der Waals surface area contributed by atoms with Crippen LogP contribution in [0.25, 0.3) is 21.8 Å². The zero-order valence-corrected chi connectivity index (χ0v) is 17.1. The van der Waals surface area contributed by atoms with E-state index in [0.29, 0.717) is 22.9 Å². The van der Waals surface area contributed by atoms with Crippen molar-refractivity contribution in [1.29, 1.82) is 0 Å². The largest absolute Gasteiger partial charge is 0.497 e. The van der Waals surface area contributed by atoms with Crippen molar-refractivity contribution in [2.24, 2.45) is 7.05 Å². The molecule has 29 heavy (non-hydrogen) atoms. The van der Waals surface area contributed by atoms with Gasteiger partial charge in [-0.15, -0.1) is 0 Å². The highest BCUT2D eigenvalue weighted by atomic mass is 32.2. The van der Waals surface area contributed by atoms with Gasteiger partial charge >= 0.3 is 0 Å². The number of rotatable bonds is 5. The number of nitrogen functional groups attached to an aromatic ring is 1. The van der Waals surface area contributed by atoms with Crippen molar-refractivity contribution in [2.45, 2.75) is 4.90 Å². The van der Waals surface area contributed by atoms with Crippen molar-refractivity contribution in [1.82, 2.24) is 4.57 Å². The van der Waals surface area contributed by atoms with Crippen LogP contribution in [0.3, 0.4) is 0 Å². The van der Waals surface area contributed by atoms with Crippen LogP contribution in [0.4, 0.5) is 11.4 Å². The molecule has 7 nitrogen and oxygen atoms in total. The van der Waals surface area contributed by atoms with E-state index in [1.54, 1.807) is 36.4 Å². The van der Waals surface area contributed by atoms with E-state index in [4.69, 9.17) is 15.2 Å². The zero-order chi connectivity index (χ0) is 20.8. The van der Waals surface area contributed by atoms with Crippen LogP contribution in [0.15, 0.2) is 59.5 Å². The molecule has 0 aliphatic carbocycles. The Kier molecular flexibility index (Phi) is 4.50. The summed E-state index contributed by atoms with van der Waals surface area (Å²) in [5.74, 6) is 0.918. The summed E-state index contributed by atoms with van der Waals surface area (Å²) >= 11 is 0. The highest BCUT2D eigenvalue weighted by Gasteiger charge is 2.19. The van der Waals surface area contributed by atoms with Crippen molar-refractivity contribution in [3.05, 3.63) is 54.6 Å². The number of hydrogen-bond donors (Lipinski definition) is 2. The summed E-state index contributed by atoms with van der Waals surface area (Å²) in [7, 11) is 1.07. The molecule has 1 aromatic heterocycles. The second kappa shape index (κ2) is 6.89. The minimum atomic E-state index is -3.85. The second-order valence-electron chi connectivity index (χ2n) is 6.69. The van der Waals surface area contributed by atoms with Crippen LogP contribution in [-0.2, 0) is 17.1 Å². The predicted octanol–water partition coefficient (Wildman–Crippen LogP) is 3.73. The fourth-order valence-electron chi connectivity index (χ4n) is 3.47. The predicted molar refractivity (Wildman–Crippen MR) is 115 cm³/mol. The first kappa shape index (κ1) is 18.9. The molecule has 0 atom stereocenters. The van der Waals surface area contributed by atoms with Crippen LogP contribution >= 0.6 is 0 Å². The lowest BCUT2D eigenvalue weighted by molar-refractivity contribution is 0.405. The molecule has 0 bridgehead atoms. The molecule has 0 amide bonds. The smallest absolute Gasteiger partial charge is 0.262 e. The van der Waals surface area contributed by atoms with Gasteiger partial charge in [0.1, 0.15) is 11.5 Å². The average Bonchev–Trinajstić information content (AvgIpc) is 2.99. The number of nitrogens with one attached hydrogen (secondary N) is 1. The molecule has 0 saturated heterocycles. The lowest BCUT2D eigenvalue weighted by Crippen LogP contribution is -2.13. The summed E-state index contributed by atoms with van der Waals surface area (Å²) in [6, 6.07) is 15.6. The van der Waals surface area contributed by atoms with Gasteiger partial charge in [-0.3, -0.25) is 4.72 Å². The third kappa shape index (κ3) is 3.21. The fourth-order valence-corrected chi connectivity index (χ4v) is 4.56. The first-order valence-electron chi connectivity index (χ1n) is 8.86. The van der Waals surface area contributed by atoms with Gasteiger partial charge in [0, 0.05) is 35.1 Å². The molecule has 4 aromatic rings. The summed E-state index contributed by atoms with van der Waals surface area (Å²) in [5.41, 5.74) is 8.73. The number of sulfonamides is 1. The number of nitrogens with two attached hydrogens (primary N) is 1. The number of ether oxygens (including phenoxy) is 2. The Balaban J connectivity index is 1.83. The first-order valence-corrected chi connectivity index (χ1v) is 10.3. The number of methoxy groups -OCH3 is 2. The molecule has 0 aliphatic heterocycles. The molecule has 0 spiro atoms. The van der Waals surface area contributed by atoms with Crippen molar-refractivity contribution in [2.75, 3.05) is 24.7 Å². The minimum Gasteiger partial charge on any atom is -0.497 e. The molecule has 0 saturated carbocycles. The van der Waals surface area contributed by atoms with Crippen LogP contribution in [0.1, 0.15) is 0 Å². The van der Waals surface area contributed by atoms with Gasteiger partial charge in [0.2, 0.25) is 0 Å². The average molecular weight is 411 g/mol. The van der Waals surface area contributed by atoms with E-state index in [2.05, 4.69) is 4.72 Å². The number of anilines is 2. The van der Waals surface area contributed by atoms with Crippen molar-refractivity contribution < 1.29 is 17.9 Å². The van der Waals surface area contributed by atoms with E-state index in [1.807, 2.05) is 29.8 Å². The molecular formula is C21H21N3O4S. The maximum Gasteiger partial charge on any atom is 0.262 e. The maximum absolute atomic E-state index is 13.1. The number of aryl methyl sites for hydroxylation is 1. The summed E-state index contributed by atoms with van der Waals surface area (Å²) in [4.78, 5) is 0.152. The van der Waals surface area contributed by atoms with Crippen LogP contribution in [0.5, 0.6) is 11.5 Å². The van der Waals surface area contributed by atoms with Crippen molar-refractivity contribution in [3.63, 3.8) is 0 Å². The highest BCUT2D eigenvalue weighted by molar-refractivity contribution is 7.92. The van der Waals surface area contributed by atoms with Crippen LogP contribution in [0, 0.1) is 0 Å². The van der Waals surface area contributed by atoms with Crippen molar-refractivity contribution >= 4 is 43.2 Å². The molecule has 3 aromatic carbocycles. The Labute approximate surface area is 168 Å². The van der Waals surface area contributed by atoms with E-state index in [-0.39, 0.29) is 4.90 Å². The van der Waals surface area contributed by atoms with Crippen LogP contribution < -0.4 is 19.9 Å². The molecule has 0 aliphatic rings. The molecule has 0 unspecified atom stereocenters. The standard InChI is InChI=1S/C21H21N3O4S/c1-24-19-8-6-15(12-17(19)16-7-4-13(22)10-20(16)24)29(25,26)23-18-11-14(27-2)5-9-21(18)28-3/h4-12,23H,22H2,1-3H3. The van der Waals surface area contributed by atoms with Gasteiger partial charge in [-0.1, -0.05) is 6.07 Å². The molecular weight excluding hydrogens is 390 g/mol. The monoisotopic (exact) mass is 411 g/mol. The summed E-state index contributed by atoms with van der Waals surface area (Å²) in [6.45, 7) is 0. The summed E-state index contributed by atoms with van der Waals surface area (Å²) in [5, 5.41) is 1.77. The topological polar surface area (TPSA) is 95.6 Å². The molecule has 0 fully saturated rings. The maximum atomic E-state index is 13.1. The first-order chi connectivity index (χ1) is 13.8. The highest BCUT2D eigenvalue weighted by Crippen LogP contribution is 2.34. The Morgan fingerprint density at radius 1 is 0.897 bits per heavy atom. The SMILES string of the molecule is COc1ccc(OC)c(NS(=O)(=O)c2ccc3c(c2)c2ccc(N)cc2n3C)c1. The van der Waals surface area contributed by atoms with Gasteiger partial charge in [0.25, 0.3) is 10.0 Å². The number of nitrogens with zero attached hydrogens (tertiary/aromatic N) is 1. The summed E-state index contributed by atoms with van der Waals surface area (Å²) < 4.78 is 41.2. The van der Waals surface area contributed by atoms with E-state index >= 15 is 0 Å². The lowest BCUT2D eigenvalue weighted by Gasteiger charge is -2.13. The normalized spacial score (nSPS) is 11.7. The Morgan fingerprint density at radius 2 is 1.69 bits per heavy atom. The van der Waals surface area contributed by atoms with E-state index in [0.717, 1.165) is 21.8 Å². The van der Waals surface area contributed by atoms with Gasteiger partial charge in [-0.2, -0.15) is 0 Å². The molecule has 8 heteroatoms. The fraction of sp³-hybridized carbons (Fsp3) is 0.143. The number of hydrogen-bond acceptors (Lipinski definition) is 5. The minimum absolute atomic E-state index is 0.152. The number of benzene rings is 3. The van der Waals surface area contributed by atoms with E-state index in [9.17, 15) is 8.42 Å². The number of fused-ring (bicyclic) bond motifs is 3. The van der Waals surface area contributed by atoms with Gasteiger partial charge in [-0.05, 0) is 42.5 Å². The van der Waals surface area contributed by atoms with E-state index < -0.39 is 10.0 Å². The van der Waals surface area contributed by atoms with Gasteiger partial charge < -0.3 is 19.8 Å². The molecule has 150 valence electrons. The Morgan fingerprint density at radius 3 is 2.41 bits per heavy atom. The van der Waals surface area contributed by atoms with E-state index in [1.165, 1.54) is 14.2 Å². The quantitative estimate of drug-likeness (QED) is 0.488. The van der Waals surface area contributed by atoms with Gasteiger partial charge in [0.05, 0.1) is 30.3 Å². The molecule has 0 radical (unpaired) electrons. The van der Waals surface area contributed by atoms with Gasteiger partial charge in [0.15, 0.2) is 0 Å². The van der Waals surface area contributed by atoms with Crippen LogP contribution in [0.2, 0.25) is 0 Å². The third-order valence-corrected chi connectivity index (χ3v) is 6.33. The molecule has 3 N–H and O–H groups in total. The summed E-state index contributed by atoms with van der Waals surface area (Å²) in [6.07, 6.45) is 0. The number of aromatic nitrogens is 1. The lowest BCUT2D eigenvalue weighted by atomic mass is 10.1. The van der Waals surface area contributed by atoms with Gasteiger partial charge in [-0.25, -0.2) is 8.42 Å². The second-order valence-corrected chi connectivity index (χ2v) is 8.37. The van der Waals surface area contributed by atoms with Crippen LogP contribution in [-0.4, -0.2) is 27.2 Å². The molecule has 1 heterocycles. The third-order valence-electron chi connectivity index (χ3n) is 4.96. The van der Waals surface area contributed by atoms with Crippen molar-refractivity contribution in [3.8, 4) is 11.5 Å². The zero-order valence-electron chi connectivity index (χ0n) is 16.3. The Bertz CT molecular complexity index is 1340.